The highest BCUT2D eigenvalue weighted by atomic mass is 32.2. The molecule has 0 saturated heterocycles. The van der Waals surface area contributed by atoms with Gasteiger partial charge in [-0.1, -0.05) is 30.0 Å². The van der Waals surface area contributed by atoms with Crippen molar-refractivity contribution in [1.29, 1.82) is 0 Å². The molecule has 2 aliphatic rings. The van der Waals surface area contributed by atoms with Crippen LogP contribution in [0.25, 0.3) is 11.1 Å². The quantitative estimate of drug-likeness (QED) is 0.795. The molecule has 2 nitrogen and oxygen atoms in total. The summed E-state index contributed by atoms with van der Waals surface area (Å²) in [5, 5.41) is 5.14. The molecule has 0 spiro atoms. The Labute approximate surface area is 125 Å². The van der Waals surface area contributed by atoms with Crippen LogP contribution >= 0.6 is 23.1 Å². The lowest BCUT2D eigenvalue weighted by Gasteiger charge is -2.11. The first-order valence-corrected chi connectivity index (χ1v) is 8.36. The first kappa shape index (κ1) is 12.2. The molecule has 4 rings (SSSR count). The van der Waals surface area contributed by atoms with E-state index in [-0.39, 0.29) is 5.91 Å². The van der Waals surface area contributed by atoms with Gasteiger partial charge < -0.3 is 5.32 Å². The van der Waals surface area contributed by atoms with E-state index < -0.39 is 0 Å². The molecule has 3 heterocycles. The lowest BCUT2D eigenvalue weighted by molar-refractivity contribution is -0.119. The van der Waals surface area contributed by atoms with Crippen molar-refractivity contribution in [3.8, 4) is 0 Å². The molecule has 20 heavy (non-hydrogen) atoms. The Morgan fingerprint density at radius 2 is 1.95 bits per heavy atom. The van der Waals surface area contributed by atoms with Crippen molar-refractivity contribution in [3.05, 3.63) is 46.8 Å². The van der Waals surface area contributed by atoms with E-state index in [1.165, 1.54) is 31.4 Å². The van der Waals surface area contributed by atoms with Crippen molar-refractivity contribution >= 4 is 40.2 Å². The third-order valence-corrected chi connectivity index (χ3v) is 5.99. The molecule has 0 radical (unpaired) electrons. The second-order valence-electron chi connectivity index (χ2n) is 4.95. The highest BCUT2D eigenvalue weighted by molar-refractivity contribution is 8.01. The first-order chi connectivity index (χ1) is 9.83. The molecule has 1 amide bonds. The largest absolute Gasteiger partial charge is 0.355 e. The van der Waals surface area contributed by atoms with Gasteiger partial charge in [0.2, 0.25) is 5.91 Å². The van der Waals surface area contributed by atoms with E-state index in [4.69, 9.17) is 0 Å². The molecule has 0 fully saturated rings. The summed E-state index contributed by atoms with van der Waals surface area (Å²) in [5.41, 5.74) is 5.10. The molecular formula is C16H13NOS2. The average Bonchev–Trinajstić information content (AvgIpc) is 2.76. The zero-order valence-electron chi connectivity index (χ0n) is 10.8. The van der Waals surface area contributed by atoms with Crippen molar-refractivity contribution in [2.45, 2.75) is 21.9 Å². The van der Waals surface area contributed by atoms with Crippen molar-refractivity contribution < 1.29 is 4.79 Å². The van der Waals surface area contributed by atoms with E-state index in [1.807, 2.05) is 11.8 Å². The Kier molecular flexibility index (Phi) is 2.93. The Bertz CT molecular complexity index is 730. The van der Waals surface area contributed by atoms with Crippen molar-refractivity contribution in [2.24, 2.45) is 0 Å². The molecule has 1 aromatic carbocycles. The van der Waals surface area contributed by atoms with E-state index >= 15 is 0 Å². The molecule has 2 aliphatic heterocycles. The van der Waals surface area contributed by atoms with Gasteiger partial charge in [0.05, 0.1) is 10.6 Å². The molecule has 0 aliphatic carbocycles. The predicted molar refractivity (Wildman–Crippen MR) is 83.9 cm³/mol. The molecule has 0 bridgehead atoms. The summed E-state index contributed by atoms with van der Waals surface area (Å²) < 4.78 is 1.34. The summed E-state index contributed by atoms with van der Waals surface area (Å²) in [5.74, 6) is 0.133. The normalized spacial score (nSPS) is 17.5. The van der Waals surface area contributed by atoms with Gasteiger partial charge in [-0.05, 0) is 40.6 Å². The van der Waals surface area contributed by atoms with Crippen molar-refractivity contribution in [3.63, 3.8) is 0 Å². The highest BCUT2D eigenvalue weighted by Gasteiger charge is 2.26. The Hall–Kier alpha value is -1.52. The third-order valence-electron chi connectivity index (χ3n) is 3.77. The maximum atomic E-state index is 12.0. The van der Waals surface area contributed by atoms with Gasteiger partial charge in [-0.3, -0.25) is 4.79 Å². The Morgan fingerprint density at radius 3 is 2.90 bits per heavy atom. The van der Waals surface area contributed by atoms with Crippen LogP contribution in [-0.2, 0) is 4.79 Å². The van der Waals surface area contributed by atoms with Gasteiger partial charge in [-0.25, -0.2) is 0 Å². The summed E-state index contributed by atoms with van der Waals surface area (Å²) in [4.78, 5) is 13.2. The van der Waals surface area contributed by atoms with Crippen LogP contribution in [0.3, 0.4) is 0 Å². The maximum absolute atomic E-state index is 12.0. The zero-order valence-corrected chi connectivity index (χ0v) is 12.4. The highest BCUT2D eigenvalue weighted by Crippen LogP contribution is 2.48. The Morgan fingerprint density at radius 1 is 1.05 bits per heavy atom. The van der Waals surface area contributed by atoms with Gasteiger partial charge in [0.25, 0.3) is 0 Å². The number of carbonyl (C=O) groups excluding carboxylic acids is 1. The van der Waals surface area contributed by atoms with Crippen LogP contribution in [0.2, 0.25) is 0 Å². The minimum absolute atomic E-state index is 0.133. The summed E-state index contributed by atoms with van der Waals surface area (Å²) >= 11 is 3.62. The molecule has 4 heteroatoms. The summed E-state index contributed by atoms with van der Waals surface area (Å²) in [6.45, 7) is 0.736. The number of thiophene rings is 1. The number of hydrogen-bond acceptors (Lipinski definition) is 3. The molecule has 0 saturated carbocycles. The summed E-state index contributed by atoms with van der Waals surface area (Å²) in [6, 6.07) is 10.6. The van der Waals surface area contributed by atoms with E-state index in [1.54, 1.807) is 11.3 Å². The van der Waals surface area contributed by atoms with Gasteiger partial charge >= 0.3 is 0 Å². The minimum atomic E-state index is 0.133. The van der Waals surface area contributed by atoms with E-state index in [9.17, 15) is 4.79 Å². The second-order valence-corrected chi connectivity index (χ2v) is 7.18. The lowest BCUT2D eigenvalue weighted by Crippen LogP contribution is -2.22. The van der Waals surface area contributed by atoms with Crippen LogP contribution in [0.15, 0.2) is 44.8 Å². The molecule has 0 atom stereocenters. The monoisotopic (exact) mass is 299 g/mol. The summed E-state index contributed by atoms with van der Waals surface area (Å²) in [6.07, 6.45) is 1.40. The molecule has 1 N–H and O–H groups in total. The molecular weight excluding hydrogens is 286 g/mol. The molecule has 1 aromatic heterocycles. The van der Waals surface area contributed by atoms with E-state index in [0.29, 0.717) is 6.42 Å². The van der Waals surface area contributed by atoms with Crippen molar-refractivity contribution in [1.82, 2.24) is 5.32 Å². The zero-order chi connectivity index (χ0) is 13.5. The number of rotatable bonds is 0. The number of carbonyl (C=O) groups is 1. The van der Waals surface area contributed by atoms with Crippen LogP contribution in [-0.4, -0.2) is 12.5 Å². The predicted octanol–water partition coefficient (Wildman–Crippen LogP) is 4.03. The van der Waals surface area contributed by atoms with Gasteiger partial charge in [0.15, 0.2) is 0 Å². The van der Waals surface area contributed by atoms with Gasteiger partial charge in [-0.15, -0.1) is 11.3 Å². The average molecular weight is 299 g/mol. The fourth-order valence-electron chi connectivity index (χ4n) is 2.87. The molecule has 100 valence electrons. The number of nitrogens with one attached hydrogen (secondary N) is 1. The fraction of sp³-hybridized carbons (Fsp3) is 0.188. The van der Waals surface area contributed by atoms with Crippen LogP contribution in [0.4, 0.5) is 0 Å². The minimum Gasteiger partial charge on any atom is -0.355 e. The third kappa shape index (κ3) is 1.91. The molecule has 2 aromatic rings. The van der Waals surface area contributed by atoms with Crippen LogP contribution in [0.5, 0.6) is 0 Å². The van der Waals surface area contributed by atoms with Crippen LogP contribution in [0.1, 0.15) is 24.0 Å². The van der Waals surface area contributed by atoms with Gasteiger partial charge in [0, 0.05) is 17.0 Å². The number of benzene rings is 1. The van der Waals surface area contributed by atoms with Crippen molar-refractivity contribution in [2.75, 3.05) is 6.54 Å². The number of amides is 1. The molecule has 0 unspecified atom stereocenters. The van der Waals surface area contributed by atoms with E-state index in [0.717, 1.165) is 13.0 Å². The fourth-order valence-corrected chi connectivity index (χ4v) is 5.09. The summed E-state index contributed by atoms with van der Waals surface area (Å²) in [7, 11) is 0. The SMILES string of the molecule is O=C1CC2=C(CCN1)c1ccsc1Sc1ccccc12. The topological polar surface area (TPSA) is 29.1 Å². The maximum Gasteiger partial charge on any atom is 0.224 e. The first-order valence-electron chi connectivity index (χ1n) is 6.67. The lowest BCUT2D eigenvalue weighted by atomic mass is 9.92. The second kappa shape index (κ2) is 4.79. The smallest absolute Gasteiger partial charge is 0.224 e. The van der Waals surface area contributed by atoms with Crippen LogP contribution in [0, 0.1) is 0 Å². The van der Waals surface area contributed by atoms with Gasteiger partial charge in [0.1, 0.15) is 0 Å². The Balaban J connectivity index is 2.01. The van der Waals surface area contributed by atoms with E-state index in [2.05, 4.69) is 41.0 Å². The number of hydrogen-bond donors (Lipinski definition) is 1. The number of fused-ring (bicyclic) bond motifs is 4. The standard InChI is InChI=1S/C16H13NOS2/c18-15-9-13-10(5-7-17-15)12-6-8-19-16(12)20-14-4-2-1-3-11(13)14/h1-4,6,8H,5,7,9H2,(H,17,18). The van der Waals surface area contributed by atoms with Gasteiger partial charge in [-0.2, -0.15) is 0 Å². The van der Waals surface area contributed by atoms with Crippen LogP contribution < -0.4 is 5.32 Å².